The SMILES string of the molecule is NC(=O)C(Cc1ccc(F)cc1)c1cc(Br)ccn1. The van der Waals surface area contributed by atoms with Crippen molar-refractivity contribution < 1.29 is 9.18 Å². The fraction of sp³-hybridized carbons (Fsp3) is 0.143. The normalized spacial score (nSPS) is 12.1. The Morgan fingerprint density at radius 2 is 2.00 bits per heavy atom. The molecule has 0 saturated heterocycles. The summed E-state index contributed by atoms with van der Waals surface area (Å²) in [4.78, 5) is 15.7. The van der Waals surface area contributed by atoms with Crippen LogP contribution >= 0.6 is 15.9 Å². The molecular formula is C14H12BrFN2O. The Morgan fingerprint density at radius 1 is 1.32 bits per heavy atom. The van der Waals surface area contributed by atoms with Crippen molar-refractivity contribution >= 4 is 21.8 Å². The highest BCUT2D eigenvalue weighted by Crippen LogP contribution is 2.21. The molecule has 2 N–H and O–H groups in total. The van der Waals surface area contributed by atoms with Gasteiger partial charge in [0.25, 0.3) is 0 Å². The number of nitrogens with two attached hydrogens (primary N) is 1. The van der Waals surface area contributed by atoms with Gasteiger partial charge in [0.05, 0.1) is 11.6 Å². The lowest BCUT2D eigenvalue weighted by Gasteiger charge is -2.13. The molecule has 0 saturated carbocycles. The highest BCUT2D eigenvalue weighted by molar-refractivity contribution is 9.10. The van der Waals surface area contributed by atoms with Crippen LogP contribution < -0.4 is 5.73 Å². The summed E-state index contributed by atoms with van der Waals surface area (Å²) in [5, 5.41) is 0. The maximum absolute atomic E-state index is 12.8. The Kier molecular flexibility index (Phi) is 4.27. The van der Waals surface area contributed by atoms with Crippen LogP contribution in [0.3, 0.4) is 0 Å². The summed E-state index contributed by atoms with van der Waals surface area (Å²) < 4.78 is 13.7. The number of nitrogens with zero attached hydrogens (tertiary/aromatic N) is 1. The van der Waals surface area contributed by atoms with E-state index in [2.05, 4.69) is 20.9 Å². The van der Waals surface area contributed by atoms with Gasteiger partial charge in [-0.1, -0.05) is 28.1 Å². The monoisotopic (exact) mass is 322 g/mol. The van der Waals surface area contributed by atoms with Crippen molar-refractivity contribution in [2.45, 2.75) is 12.3 Å². The van der Waals surface area contributed by atoms with Gasteiger partial charge in [-0.15, -0.1) is 0 Å². The van der Waals surface area contributed by atoms with Gasteiger partial charge in [-0.2, -0.15) is 0 Å². The number of benzene rings is 1. The van der Waals surface area contributed by atoms with Crippen molar-refractivity contribution in [3.05, 3.63) is 64.1 Å². The molecule has 1 aromatic carbocycles. The fourth-order valence-corrected chi connectivity index (χ4v) is 2.17. The van der Waals surface area contributed by atoms with Gasteiger partial charge in [0.2, 0.25) is 5.91 Å². The number of carbonyl (C=O) groups excluding carboxylic acids is 1. The molecule has 19 heavy (non-hydrogen) atoms. The lowest BCUT2D eigenvalue weighted by atomic mass is 9.95. The van der Waals surface area contributed by atoms with Crippen LogP contribution in [-0.2, 0) is 11.2 Å². The highest BCUT2D eigenvalue weighted by Gasteiger charge is 2.20. The maximum Gasteiger partial charge on any atom is 0.226 e. The average molecular weight is 323 g/mol. The second kappa shape index (κ2) is 5.93. The van der Waals surface area contributed by atoms with E-state index in [1.807, 2.05) is 0 Å². The number of primary amides is 1. The highest BCUT2D eigenvalue weighted by atomic mass is 79.9. The molecule has 0 fully saturated rings. The summed E-state index contributed by atoms with van der Waals surface area (Å²) >= 11 is 3.33. The third kappa shape index (κ3) is 3.61. The zero-order valence-electron chi connectivity index (χ0n) is 10.0. The zero-order chi connectivity index (χ0) is 13.8. The smallest absolute Gasteiger partial charge is 0.226 e. The van der Waals surface area contributed by atoms with E-state index in [4.69, 9.17) is 5.73 Å². The molecule has 0 spiro atoms. The number of carbonyl (C=O) groups is 1. The van der Waals surface area contributed by atoms with E-state index in [1.165, 1.54) is 12.1 Å². The molecule has 0 aliphatic heterocycles. The molecule has 0 aliphatic carbocycles. The van der Waals surface area contributed by atoms with Crippen molar-refractivity contribution in [1.82, 2.24) is 4.98 Å². The lowest BCUT2D eigenvalue weighted by Crippen LogP contribution is -2.24. The minimum atomic E-state index is -0.525. The number of rotatable bonds is 4. The van der Waals surface area contributed by atoms with E-state index >= 15 is 0 Å². The first-order valence-corrected chi connectivity index (χ1v) is 6.51. The van der Waals surface area contributed by atoms with Crippen molar-refractivity contribution in [2.75, 3.05) is 0 Å². The Hall–Kier alpha value is -1.75. The summed E-state index contributed by atoms with van der Waals surface area (Å²) in [6.45, 7) is 0. The number of hydrogen-bond donors (Lipinski definition) is 1. The minimum absolute atomic E-state index is 0.306. The average Bonchev–Trinajstić information content (AvgIpc) is 2.37. The van der Waals surface area contributed by atoms with Gasteiger partial charge < -0.3 is 5.73 Å². The van der Waals surface area contributed by atoms with E-state index in [0.29, 0.717) is 12.1 Å². The molecule has 1 aromatic heterocycles. The standard InChI is InChI=1S/C14H12BrFN2O/c15-10-5-6-18-13(8-10)12(14(17)19)7-9-1-3-11(16)4-2-9/h1-6,8,12H,7H2,(H2,17,19). The van der Waals surface area contributed by atoms with E-state index < -0.39 is 11.8 Å². The minimum Gasteiger partial charge on any atom is -0.369 e. The number of pyridine rings is 1. The number of amides is 1. The van der Waals surface area contributed by atoms with Crippen molar-refractivity contribution in [3.8, 4) is 0 Å². The largest absolute Gasteiger partial charge is 0.369 e. The molecule has 2 aromatic rings. The van der Waals surface area contributed by atoms with E-state index in [-0.39, 0.29) is 5.82 Å². The van der Waals surface area contributed by atoms with Gasteiger partial charge in [0.1, 0.15) is 5.82 Å². The summed E-state index contributed by atoms with van der Waals surface area (Å²) in [6.07, 6.45) is 2.01. The van der Waals surface area contributed by atoms with Crippen LogP contribution in [0.5, 0.6) is 0 Å². The van der Waals surface area contributed by atoms with Gasteiger partial charge >= 0.3 is 0 Å². The molecule has 0 aliphatic rings. The maximum atomic E-state index is 12.8. The van der Waals surface area contributed by atoms with Gasteiger partial charge in [0, 0.05) is 10.7 Å². The van der Waals surface area contributed by atoms with Crippen LogP contribution in [0.2, 0.25) is 0 Å². The summed E-state index contributed by atoms with van der Waals surface area (Å²) in [7, 11) is 0. The fourth-order valence-electron chi connectivity index (χ4n) is 1.82. The van der Waals surface area contributed by atoms with Crippen molar-refractivity contribution in [1.29, 1.82) is 0 Å². The summed E-state index contributed by atoms with van der Waals surface area (Å²) in [5.74, 6) is -1.28. The topological polar surface area (TPSA) is 56.0 Å². The molecule has 0 radical (unpaired) electrons. The third-order valence-electron chi connectivity index (χ3n) is 2.80. The van der Waals surface area contributed by atoms with E-state index in [0.717, 1.165) is 10.0 Å². The molecule has 2 rings (SSSR count). The van der Waals surface area contributed by atoms with Gasteiger partial charge in [0.15, 0.2) is 0 Å². The third-order valence-corrected chi connectivity index (χ3v) is 3.29. The number of hydrogen-bond acceptors (Lipinski definition) is 2. The van der Waals surface area contributed by atoms with Crippen molar-refractivity contribution in [2.24, 2.45) is 5.73 Å². The molecule has 1 amide bonds. The number of halogens is 2. The van der Waals surface area contributed by atoms with Gasteiger partial charge in [-0.05, 0) is 36.2 Å². The summed E-state index contributed by atoms with van der Waals surface area (Å²) in [5.41, 5.74) is 6.87. The summed E-state index contributed by atoms with van der Waals surface area (Å²) in [6, 6.07) is 9.55. The first-order valence-electron chi connectivity index (χ1n) is 5.71. The molecule has 1 atom stereocenters. The molecular weight excluding hydrogens is 311 g/mol. The second-order valence-electron chi connectivity index (χ2n) is 4.18. The van der Waals surface area contributed by atoms with Crippen LogP contribution in [0.1, 0.15) is 17.2 Å². The van der Waals surface area contributed by atoms with Crippen molar-refractivity contribution in [3.63, 3.8) is 0 Å². The first-order chi connectivity index (χ1) is 9.06. The van der Waals surface area contributed by atoms with Crippen LogP contribution in [0.15, 0.2) is 47.1 Å². The Morgan fingerprint density at radius 3 is 2.58 bits per heavy atom. The Balaban J connectivity index is 2.26. The lowest BCUT2D eigenvalue weighted by molar-refractivity contribution is -0.119. The molecule has 1 unspecified atom stereocenters. The van der Waals surface area contributed by atoms with Gasteiger partial charge in [-0.3, -0.25) is 9.78 Å². The molecule has 98 valence electrons. The number of aromatic nitrogens is 1. The Bertz CT molecular complexity index is 586. The van der Waals surface area contributed by atoms with E-state index in [9.17, 15) is 9.18 Å². The first kappa shape index (κ1) is 13.7. The second-order valence-corrected chi connectivity index (χ2v) is 5.10. The van der Waals surface area contributed by atoms with Gasteiger partial charge in [-0.25, -0.2) is 4.39 Å². The van der Waals surface area contributed by atoms with Crippen LogP contribution in [0.4, 0.5) is 4.39 Å². The van der Waals surface area contributed by atoms with Crippen LogP contribution in [0.25, 0.3) is 0 Å². The molecule has 1 heterocycles. The predicted octanol–water partition coefficient (Wildman–Crippen LogP) is 2.79. The zero-order valence-corrected chi connectivity index (χ0v) is 11.6. The molecule has 5 heteroatoms. The van der Waals surface area contributed by atoms with Crippen LogP contribution in [-0.4, -0.2) is 10.9 Å². The van der Waals surface area contributed by atoms with E-state index in [1.54, 1.807) is 30.5 Å². The Labute approximate surface area is 118 Å². The molecule has 3 nitrogen and oxygen atoms in total. The quantitative estimate of drug-likeness (QED) is 0.941. The predicted molar refractivity (Wildman–Crippen MR) is 74.0 cm³/mol. The van der Waals surface area contributed by atoms with Crippen LogP contribution in [0, 0.1) is 5.82 Å². The molecule has 0 bridgehead atoms.